The van der Waals surface area contributed by atoms with Gasteiger partial charge in [-0.3, -0.25) is 14.5 Å². The molecule has 2 heterocycles. The van der Waals surface area contributed by atoms with Crippen molar-refractivity contribution in [1.29, 1.82) is 0 Å². The minimum atomic E-state index is -0.295. The molecule has 0 aliphatic carbocycles. The van der Waals surface area contributed by atoms with Crippen LogP contribution in [0, 0.1) is 11.7 Å². The average molecular weight is 426 g/mol. The molecule has 1 saturated heterocycles. The number of halogens is 1. The number of ether oxygens (including phenoxy) is 2. The van der Waals surface area contributed by atoms with Crippen molar-refractivity contribution in [1.82, 2.24) is 10.2 Å². The van der Waals surface area contributed by atoms with Crippen molar-refractivity contribution in [3.8, 4) is 11.5 Å². The van der Waals surface area contributed by atoms with Crippen LogP contribution in [-0.4, -0.2) is 49.4 Å². The summed E-state index contributed by atoms with van der Waals surface area (Å²) >= 11 is 0. The Labute approximate surface area is 181 Å². The highest BCUT2D eigenvalue weighted by Gasteiger charge is 2.28. The molecule has 0 radical (unpaired) electrons. The number of ketones is 1. The SMILES string of the molecule is CC(NC(=O)CN1CCC(C(=O)c2ccc3c(c2)OCCO3)CC1)c1ccc(F)cc1. The van der Waals surface area contributed by atoms with E-state index in [0.29, 0.717) is 56.2 Å². The highest BCUT2D eigenvalue weighted by molar-refractivity contribution is 5.98. The maximum absolute atomic E-state index is 13.1. The lowest BCUT2D eigenvalue weighted by Crippen LogP contribution is -2.43. The monoisotopic (exact) mass is 426 g/mol. The predicted molar refractivity (Wildman–Crippen MR) is 114 cm³/mol. The molecule has 1 unspecified atom stereocenters. The van der Waals surface area contributed by atoms with Crippen LogP contribution in [-0.2, 0) is 4.79 Å². The molecule has 31 heavy (non-hydrogen) atoms. The average Bonchev–Trinajstić information content (AvgIpc) is 2.79. The van der Waals surface area contributed by atoms with Gasteiger partial charge in [0.1, 0.15) is 19.0 Å². The first-order chi connectivity index (χ1) is 15.0. The molecule has 164 valence electrons. The first-order valence-electron chi connectivity index (χ1n) is 10.7. The van der Waals surface area contributed by atoms with Crippen LogP contribution in [0.15, 0.2) is 42.5 Å². The lowest BCUT2D eigenvalue weighted by molar-refractivity contribution is -0.123. The maximum atomic E-state index is 13.1. The zero-order valence-electron chi connectivity index (χ0n) is 17.6. The van der Waals surface area contributed by atoms with Crippen LogP contribution in [0.4, 0.5) is 4.39 Å². The lowest BCUT2D eigenvalue weighted by atomic mass is 9.88. The Morgan fingerprint density at radius 3 is 2.45 bits per heavy atom. The molecule has 1 fully saturated rings. The van der Waals surface area contributed by atoms with Gasteiger partial charge in [0, 0.05) is 11.5 Å². The fraction of sp³-hybridized carbons (Fsp3) is 0.417. The number of carbonyl (C=O) groups excluding carboxylic acids is 2. The number of fused-ring (bicyclic) bond motifs is 1. The largest absolute Gasteiger partial charge is 0.486 e. The second kappa shape index (κ2) is 9.47. The highest BCUT2D eigenvalue weighted by atomic mass is 19.1. The maximum Gasteiger partial charge on any atom is 0.234 e. The topological polar surface area (TPSA) is 67.9 Å². The number of hydrogen-bond acceptors (Lipinski definition) is 5. The normalized spacial score (nSPS) is 17.7. The van der Waals surface area contributed by atoms with Crippen LogP contribution in [0.2, 0.25) is 0 Å². The van der Waals surface area contributed by atoms with Crippen LogP contribution in [0.5, 0.6) is 11.5 Å². The quantitative estimate of drug-likeness (QED) is 0.718. The molecule has 6 nitrogen and oxygen atoms in total. The standard InChI is InChI=1S/C24H27FN2O4/c1-16(17-2-5-20(25)6-3-17)26-23(28)15-27-10-8-18(9-11-27)24(29)19-4-7-21-22(14-19)31-13-12-30-21/h2-7,14,16,18H,8-13,15H2,1H3,(H,26,28). The molecule has 0 bridgehead atoms. The zero-order chi connectivity index (χ0) is 21.8. The fourth-order valence-corrected chi connectivity index (χ4v) is 4.11. The number of Topliss-reactive ketones (excluding diaryl/α,β-unsaturated/α-hetero) is 1. The van der Waals surface area contributed by atoms with Gasteiger partial charge in [-0.15, -0.1) is 0 Å². The number of hydrogen-bond donors (Lipinski definition) is 1. The van der Waals surface area contributed by atoms with Gasteiger partial charge in [-0.2, -0.15) is 0 Å². The molecule has 4 rings (SSSR count). The van der Waals surface area contributed by atoms with Crippen molar-refractivity contribution in [3.05, 3.63) is 59.4 Å². The van der Waals surface area contributed by atoms with E-state index in [-0.39, 0.29) is 36.0 Å². The summed E-state index contributed by atoms with van der Waals surface area (Å²) in [5.74, 6) is 0.996. The van der Waals surface area contributed by atoms with E-state index >= 15 is 0 Å². The number of rotatable bonds is 6. The lowest BCUT2D eigenvalue weighted by Gasteiger charge is -2.31. The van der Waals surface area contributed by atoms with Crippen LogP contribution < -0.4 is 14.8 Å². The third-order valence-corrected chi connectivity index (χ3v) is 5.90. The van der Waals surface area contributed by atoms with Crippen LogP contribution in [0.3, 0.4) is 0 Å². The van der Waals surface area contributed by atoms with E-state index in [4.69, 9.17) is 9.47 Å². The number of benzene rings is 2. The summed E-state index contributed by atoms with van der Waals surface area (Å²) in [5, 5.41) is 2.96. The Balaban J connectivity index is 1.26. The first kappa shape index (κ1) is 21.3. The van der Waals surface area contributed by atoms with Gasteiger partial charge in [0.25, 0.3) is 0 Å². The number of piperidine rings is 1. The summed E-state index contributed by atoms with van der Waals surface area (Å²) in [5.41, 5.74) is 1.51. The Hall–Kier alpha value is -2.93. The van der Waals surface area contributed by atoms with Crippen molar-refractivity contribution < 1.29 is 23.5 Å². The number of nitrogens with one attached hydrogen (secondary N) is 1. The Kier molecular flexibility index (Phi) is 6.51. The smallest absolute Gasteiger partial charge is 0.234 e. The van der Waals surface area contributed by atoms with Crippen LogP contribution >= 0.6 is 0 Å². The second-order valence-corrected chi connectivity index (χ2v) is 8.11. The fourth-order valence-electron chi connectivity index (χ4n) is 4.11. The van der Waals surface area contributed by atoms with Gasteiger partial charge in [0.05, 0.1) is 12.6 Å². The molecule has 2 aliphatic rings. The van der Waals surface area contributed by atoms with E-state index in [1.807, 2.05) is 6.92 Å². The zero-order valence-corrected chi connectivity index (χ0v) is 17.6. The molecular formula is C24H27FN2O4. The summed E-state index contributed by atoms with van der Waals surface area (Å²) in [6.45, 7) is 4.57. The Morgan fingerprint density at radius 2 is 1.74 bits per heavy atom. The highest BCUT2D eigenvalue weighted by Crippen LogP contribution is 2.32. The van der Waals surface area contributed by atoms with Crippen molar-refractivity contribution >= 4 is 11.7 Å². The molecular weight excluding hydrogens is 399 g/mol. The van der Waals surface area contributed by atoms with Crippen molar-refractivity contribution in [2.24, 2.45) is 5.92 Å². The van der Waals surface area contributed by atoms with Gasteiger partial charge in [-0.05, 0) is 68.8 Å². The van der Waals surface area contributed by atoms with Crippen molar-refractivity contribution in [2.75, 3.05) is 32.8 Å². The summed E-state index contributed by atoms with van der Waals surface area (Å²) < 4.78 is 24.2. The van der Waals surface area contributed by atoms with E-state index < -0.39 is 0 Å². The van der Waals surface area contributed by atoms with E-state index in [2.05, 4.69) is 10.2 Å². The summed E-state index contributed by atoms with van der Waals surface area (Å²) in [7, 11) is 0. The van der Waals surface area contributed by atoms with Gasteiger partial charge in [0.15, 0.2) is 17.3 Å². The van der Waals surface area contributed by atoms with Gasteiger partial charge in [-0.25, -0.2) is 4.39 Å². The van der Waals surface area contributed by atoms with Crippen LogP contribution in [0.1, 0.15) is 41.7 Å². The molecule has 0 saturated carbocycles. The third kappa shape index (κ3) is 5.22. The second-order valence-electron chi connectivity index (χ2n) is 8.11. The minimum absolute atomic E-state index is 0.0555. The van der Waals surface area contributed by atoms with E-state index in [1.165, 1.54) is 12.1 Å². The van der Waals surface area contributed by atoms with Gasteiger partial charge in [-0.1, -0.05) is 12.1 Å². The predicted octanol–water partition coefficient (Wildman–Crippen LogP) is 3.37. The molecule has 2 aromatic carbocycles. The van der Waals surface area contributed by atoms with Gasteiger partial charge in [0.2, 0.25) is 5.91 Å². The van der Waals surface area contributed by atoms with E-state index in [0.717, 1.165) is 5.56 Å². The van der Waals surface area contributed by atoms with Crippen molar-refractivity contribution in [3.63, 3.8) is 0 Å². The Bertz CT molecular complexity index is 939. The Morgan fingerprint density at radius 1 is 1.06 bits per heavy atom. The van der Waals surface area contributed by atoms with E-state index in [1.54, 1.807) is 30.3 Å². The summed E-state index contributed by atoms with van der Waals surface area (Å²) in [6.07, 6.45) is 1.43. The minimum Gasteiger partial charge on any atom is -0.486 e. The molecule has 0 spiro atoms. The summed E-state index contributed by atoms with van der Waals surface area (Å²) in [4.78, 5) is 27.4. The molecule has 7 heteroatoms. The number of carbonyl (C=O) groups is 2. The third-order valence-electron chi connectivity index (χ3n) is 5.90. The number of amides is 1. The molecule has 1 N–H and O–H groups in total. The first-order valence-corrected chi connectivity index (χ1v) is 10.7. The van der Waals surface area contributed by atoms with Gasteiger partial charge < -0.3 is 14.8 Å². The molecule has 2 aliphatic heterocycles. The molecule has 1 amide bonds. The molecule has 1 atom stereocenters. The van der Waals surface area contributed by atoms with Crippen molar-refractivity contribution in [2.45, 2.75) is 25.8 Å². The number of nitrogens with zero attached hydrogens (tertiary/aromatic N) is 1. The summed E-state index contributed by atoms with van der Waals surface area (Å²) in [6, 6.07) is 11.3. The number of likely N-dealkylation sites (tertiary alicyclic amines) is 1. The van der Waals surface area contributed by atoms with Crippen LogP contribution in [0.25, 0.3) is 0 Å². The molecule has 2 aromatic rings. The van der Waals surface area contributed by atoms with Gasteiger partial charge >= 0.3 is 0 Å². The van der Waals surface area contributed by atoms with E-state index in [9.17, 15) is 14.0 Å². The molecule has 0 aromatic heterocycles.